The van der Waals surface area contributed by atoms with E-state index in [9.17, 15) is 0 Å². The zero-order valence-electron chi connectivity index (χ0n) is 17.9. The highest BCUT2D eigenvalue weighted by Gasteiger charge is 2.11. The first-order valence-corrected chi connectivity index (χ1v) is 12.9. The SMILES string of the molecule is CCCCCCCCCCOc1cc2sc(-c3ncc(CCCC)cn3)cc2s1. The summed E-state index contributed by atoms with van der Waals surface area (Å²) in [5, 5.41) is 1.04. The van der Waals surface area contributed by atoms with Gasteiger partial charge in [-0.1, -0.05) is 76.6 Å². The molecule has 0 unspecified atom stereocenters. The van der Waals surface area contributed by atoms with Gasteiger partial charge in [0.05, 0.1) is 11.5 Å². The molecular formula is C24H34N2OS2. The molecule has 0 aliphatic carbocycles. The third-order valence-corrected chi connectivity index (χ3v) is 7.37. The van der Waals surface area contributed by atoms with Crippen LogP contribution in [0.3, 0.4) is 0 Å². The second kappa shape index (κ2) is 12.3. The van der Waals surface area contributed by atoms with Crippen molar-refractivity contribution in [3.05, 3.63) is 30.1 Å². The lowest BCUT2D eigenvalue weighted by atomic mass is 10.1. The predicted molar refractivity (Wildman–Crippen MR) is 127 cm³/mol. The number of unbranched alkanes of at least 4 members (excludes halogenated alkanes) is 8. The molecule has 3 aromatic heterocycles. The van der Waals surface area contributed by atoms with Crippen LogP contribution in [0.25, 0.3) is 20.1 Å². The van der Waals surface area contributed by atoms with E-state index in [1.807, 2.05) is 12.4 Å². The van der Waals surface area contributed by atoms with Crippen molar-refractivity contribution in [2.45, 2.75) is 84.5 Å². The van der Waals surface area contributed by atoms with Crippen LogP contribution in [0, 0.1) is 0 Å². The smallest absolute Gasteiger partial charge is 0.175 e. The van der Waals surface area contributed by atoms with Gasteiger partial charge in [0.2, 0.25) is 0 Å². The second-order valence-corrected chi connectivity index (χ2v) is 9.88. The van der Waals surface area contributed by atoms with Crippen molar-refractivity contribution in [3.63, 3.8) is 0 Å². The van der Waals surface area contributed by atoms with E-state index in [2.05, 4.69) is 35.9 Å². The molecule has 0 N–H and O–H groups in total. The molecule has 29 heavy (non-hydrogen) atoms. The summed E-state index contributed by atoms with van der Waals surface area (Å²) < 4.78 is 8.53. The number of ether oxygens (including phenoxy) is 1. The van der Waals surface area contributed by atoms with E-state index in [0.29, 0.717) is 0 Å². The van der Waals surface area contributed by atoms with Crippen LogP contribution in [0.5, 0.6) is 5.06 Å². The molecule has 3 rings (SSSR count). The van der Waals surface area contributed by atoms with Gasteiger partial charge in [0.25, 0.3) is 0 Å². The molecule has 0 fully saturated rings. The molecule has 0 atom stereocenters. The number of hydrogen-bond donors (Lipinski definition) is 0. The van der Waals surface area contributed by atoms with Gasteiger partial charge in [-0.25, -0.2) is 9.97 Å². The Morgan fingerprint density at radius 2 is 1.41 bits per heavy atom. The number of hydrogen-bond acceptors (Lipinski definition) is 5. The van der Waals surface area contributed by atoms with Gasteiger partial charge in [-0.2, -0.15) is 0 Å². The van der Waals surface area contributed by atoms with Crippen molar-refractivity contribution in [3.8, 4) is 15.8 Å². The normalized spacial score (nSPS) is 11.4. The molecule has 0 aliphatic heterocycles. The first-order chi connectivity index (χ1) is 14.3. The Balaban J connectivity index is 1.42. The summed E-state index contributed by atoms with van der Waals surface area (Å²) in [7, 11) is 0. The molecule has 0 radical (unpaired) electrons. The van der Waals surface area contributed by atoms with Crippen molar-refractivity contribution in [1.82, 2.24) is 9.97 Å². The van der Waals surface area contributed by atoms with Crippen molar-refractivity contribution >= 4 is 32.1 Å². The summed E-state index contributed by atoms with van der Waals surface area (Å²) in [6.45, 7) is 5.31. The van der Waals surface area contributed by atoms with E-state index in [1.165, 1.54) is 72.8 Å². The third-order valence-electron chi connectivity index (χ3n) is 5.17. The second-order valence-electron chi connectivity index (χ2n) is 7.75. The van der Waals surface area contributed by atoms with Crippen molar-refractivity contribution in [1.29, 1.82) is 0 Å². The van der Waals surface area contributed by atoms with Gasteiger partial charge in [0.15, 0.2) is 10.9 Å². The lowest BCUT2D eigenvalue weighted by Gasteiger charge is -2.03. The lowest BCUT2D eigenvalue weighted by Crippen LogP contribution is -1.95. The first kappa shape index (κ1) is 22.2. The van der Waals surface area contributed by atoms with E-state index >= 15 is 0 Å². The Labute approximate surface area is 183 Å². The van der Waals surface area contributed by atoms with Gasteiger partial charge < -0.3 is 4.74 Å². The first-order valence-electron chi connectivity index (χ1n) is 11.3. The number of aryl methyl sites for hydroxylation is 1. The number of fused-ring (bicyclic) bond motifs is 1. The summed E-state index contributed by atoms with van der Waals surface area (Å²) in [5.41, 5.74) is 1.23. The molecule has 0 bridgehead atoms. The van der Waals surface area contributed by atoms with Crippen LogP contribution in [0.15, 0.2) is 24.5 Å². The molecule has 3 heterocycles. The summed E-state index contributed by atoms with van der Waals surface area (Å²) in [6.07, 6.45) is 18.1. The highest BCUT2D eigenvalue weighted by Crippen LogP contribution is 2.40. The Hall–Kier alpha value is -1.46. The summed E-state index contributed by atoms with van der Waals surface area (Å²) in [6, 6.07) is 4.38. The summed E-state index contributed by atoms with van der Waals surface area (Å²) in [4.78, 5) is 10.3. The monoisotopic (exact) mass is 430 g/mol. The molecule has 158 valence electrons. The van der Waals surface area contributed by atoms with Gasteiger partial charge in [-0.05, 0) is 30.9 Å². The van der Waals surface area contributed by atoms with Crippen LogP contribution < -0.4 is 4.74 Å². The molecule has 0 spiro atoms. The zero-order chi connectivity index (χ0) is 20.3. The average molecular weight is 431 g/mol. The van der Waals surface area contributed by atoms with Gasteiger partial charge in [-0.15, -0.1) is 11.3 Å². The molecule has 0 amide bonds. The van der Waals surface area contributed by atoms with Crippen LogP contribution >= 0.6 is 22.7 Å². The molecule has 0 saturated carbocycles. The predicted octanol–water partition coefficient (Wildman–Crippen LogP) is 8.28. The number of rotatable bonds is 14. The molecule has 0 saturated heterocycles. The minimum atomic E-state index is 0.831. The maximum absolute atomic E-state index is 5.99. The number of nitrogens with zero attached hydrogens (tertiary/aromatic N) is 2. The van der Waals surface area contributed by atoms with Gasteiger partial charge in [-0.3, -0.25) is 0 Å². The van der Waals surface area contributed by atoms with Crippen molar-refractivity contribution in [2.75, 3.05) is 6.61 Å². The highest BCUT2D eigenvalue weighted by atomic mass is 32.1. The topological polar surface area (TPSA) is 35.0 Å². The fourth-order valence-electron chi connectivity index (χ4n) is 3.40. The Morgan fingerprint density at radius 3 is 2.10 bits per heavy atom. The fourth-order valence-corrected chi connectivity index (χ4v) is 5.60. The molecule has 0 aromatic carbocycles. The lowest BCUT2D eigenvalue weighted by molar-refractivity contribution is 0.313. The Kier molecular flexibility index (Phi) is 9.42. The number of aromatic nitrogens is 2. The van der Waals surface area contributed by atoms with Crippen LogP contribution in [-0.2, 0) is 6.42 Å². The Bertz CT molecular complexity index is 807. The molecule has 5 heteroatoms. The van der Waals surface area contributed by atoms with Gasteiger partial charge >= 0.3 is 0 Å². The minimum Gasteiger partial charge on any atom is -0.484 e. The third kappa shape index (κ3) is 7.07. The fraction of sp³-hybridized carbons (Fsp3) is 0.583. The van der Waals surface area contributed by atoms with E-state index in [1.54, 1.807) is 22.7 Å². The quantitative estimate of drug-likeness (QED) is 0.241. The highest BCUT2D eigenvalue weighted by molar-refractivity contribution is 7.30. The van der Waals surface area contributed by atoms with E-state index < -0.39 is 0 Å². The minimum absolute atomic E-state index is 0.831. The molecule has 3 aromatic rings. The van der Waals surface area contributed by atoms with E-state index in [4.69, 9.17) is 4.74 Å². The van der Waals surface area contributed by atoms with E-state index in [0.717, 1.165) is 35.2 Å². The zero-order valence-corrected chi connectivity index (χ0v) is 19.5. The van der Waals surface area contributed by atoms with Crippen molar-refractivity contribution in [2.24, 2.45) is 0 Å². The van der Waals surface area contributed by atoms with Crippen LogP contribution in [0.1, 0.15) is 83.6 Å². The molecule has 0 aliphatic rings. The van der Waals surface area contributed by atoms with Gasteiger partial charge in [0.1, 0.15) is 0 Å². The maximum Gasteiger partial charge on any atom is 0.175 e. The molecular weight excluding hydrogens is 396 g/mol. The van der Waals surface area contributed by atoms with Crippen LogP contribution in [-0.4, -0.2) is 16.6 Å². The van der Waals surface area contributed by atoms with E-state index in [-0.39, 0.29) is 0 Å². The maximum atomic E-state index is 5.99. The number of thiophene rings is 2. The summed E-state index contributed by atoms with van der Waals surface area (Å²) >= 11 is 3.49. The standard InChI is InChI=1S/C24H34N2OS2/c1-3-5-7-8-9-10-11-12-14-27-23-16-21-20(29-23)15-22(28-21)24-25-17-19(18-26-24)13-6-4-2/h15-18H,3-14H2,1-2H3. The van der Waals surface area contributed by atoms with Crippen molar-refractivity contribution < 1.29 is 4.74 Å². The summed E-state index contributed by atoms with van der Waals surface area (Å²) in [5.74, 6) is 0.833. The van der Waals surface area contributed by atoms with Crippen LogP contribution in [0.4, 0.5) is 0 Å². The van der Waals surface area contributed by atoms with Crippen LogP contribution in [0.2, 0.25) is 0 Å². The van der Waals surface area contributed by atoms with Gasteiger partial charge in [0, 0.05) is 27.9 Å². The molecule has 3 nitrogen and oxygen atoms in total. The average Bonchev–Trinajstić information content (AvgIpc) is 3.30. The Morgan fingerprint density at radius 1 is 0.759 bits per heavy atom. The largest absolute Gasteiger partial charge is 0.484 e.